The number of alkyl halides is 3. The number of nitrogens with zero attached hydrogens (tertiary/aromatic N) is 2. The molecule has 0 spiro atoms. The minimum absolute atomic E-state index is 0.0531. The summed E-state index contributed by atoms with van der Waals surface area (Å²) in [6.07, 6.45) is -3.59. The van der Waals surface area contributed by atoms with E-state index in [9.17, 15) is 26.4 Å². The quantitative estimate of drug-likeness (QED) is 0.730. The van der Waals surface area contributed by atoms with Gasteiger partial charge in [0.1, 0.15) is 0 Å². The number of piperazine rings is 1. The van der Waals surface area contributed by atoms with Crippen LogP contribution in [0.25, 0.3) is 0 Å². The number of benzene rings is 1. The van der Waals surface area contributed by atoms with Gasteiger partial charge in [0.2, 0.25) is 5.91 Å². The van der Waals surface area contributed by atoms with E-state index in [4.69, 9.17) is 4.55 Å². The highest BCUT2D eigenvalue weighted by Gasteiger charge is 2.31. The summed E-state index contributed by atoms with van der Waals surface area (Å²) in [5.74, 6) is -0.0531. The minimum atomic E-state index is -4.31. The van der Waals surface area contributed by atoms with Gasteiger partial charge in [0.25, 0.3) is 10.1 Å². The molecule has 1 aliphatic heterocycles. The van der Waals surface area contributed by atoms with Gasteiger partial charge >= 0.3 is 6.18 Å². The molecule has 7 nitrogen and oxygen atoms in total. The van der Waals surface area contributed by atoms with E-state index in [-0.39, 0.29) is 5.91 Å². The van der Waals surface area contributed by atoms with Gasteiger partial charge in [-0.05, 0) is 18.2 Å². The second-order valence-corrected chi connectivity index (χ2v) is 7.56. The molecule has 1 aromatic rings. The zero-order chi connectivity index (χ0) is 20.7. The molecule has 1 amide bonds. The Morgan fingerprint density at radius 2 is 1.78 bits per heavy atom. The van der Waals surface area contributed by atoms with E-state index >= 15 is 0 Å². The Morgan fingerprint density at radius 1 is 1.22 bits per heavy atom. The fraction of sp³-hybridized carbons (Fsp3) is 0.562. The van der Waals surface area contributed by atoms with Crippen molar-refractivity contribution in [3.8, 4) is 0 Å². The zero-order valence-corrected chi connectivity index (χ0v) is 16.0. The standard InChI is InChI=1S/C15H20F3N3O.CH4O3S/c1-12(22)19-5-6-20-7-9-21(10-8-20)14-4-2-3-13(11-14)15(16,17)18;1-5(2,3)4/h2-4,11H,5-10H2,1H3,(H,19,22);1H3,(H,2,3,4). The first-order valence-electron chi connectivity index (χ1n) is 8.17. The highest BCUT2D eigenvalue weighted by atomic mass is 32.2. The van der Waals surface area contributed by atoms with Crippen molar-refractivity contribution in [1.29, 1.82) is 0 Å². The third kappa shape index (κ3) is 10.2. The average molecular weight is 411 g/mol. The molecule has 1 heterocycles. The van der Waals surface area contributed by atoms with Crippen molar-refractivity contribution in [2.75, 3.05) is 50.4 Å². The third-order valence-electron chi connectivity index (χ3n) is 3.71. The van der Waals surface area contributed by atoms with Crippen LogP contribution in [0.1, 0.15) is 12.5 Å². The second-order valence-electron chi connectivity index (χ2n) is 6.09. The minimum Gasteiger partial charge on any atom is -0.369 e. The van der Waals surface area contributed by atoms with Crippen LogP contribution in [0.15, 0.2) is 24.3 Å². The number of halogens is 3. The number of rotatable bonds is 4. The van der Waals surface area contributed by atoms with Crippen LogP contribution in [0.4, 0.5) is 18.9 Å². The number of hydrogen-bond donors (Lipinski definition) is 2. The lowest BCUT2D eigenvalue weighted by Gasteiger charge is -2.36. The molecule has 0 aromatic heterocycles. The molecule has 0 saturated carbocycles. The smallest absolute Gasteiger partial charge is 0.369 e. The van der Waals surface area contributed by atoms with Crippen molar-refractivity contribution in [1.82, 2.24) is 10.2 Å². The first-order chi connectivity index (χ1) is 12.4. The lowest BCUT2D eigenvalue weighted by atomic mass is 10.1. The molecule has 0 aliphatic carbocycles. The first-order valence-corrected chi connectivity index (χ1v) is 10.0. The van der Waals surface area contributed by atoms with Crippen molar-refractivity contribution >= 4 is 21.7 Å². The zero-order valence-electron chi connectivity index (χ0n) is 15.2. The molecule has 1 fully saturated rings. The van der Waals surface area contributed by atoms with E-state index in [2.05, 4.69) is 10.2 Å². The van der Waals surface area contributed by atoms with Gasteiger partial charge in [-0.3, -0.25) is 14.2 Å². The van der Waals surface area contributed by atoms with Gasteiger partial charge in [-0.25, -0.2) is 0 Å². The highest BCUT2D eigenvalue weighted by Crippen LogP contribution is 2.31. The molecule has 27 heavy (non-hydrogen) atoms. The summed E-state index contributed by atoms with van der Waals surface area (Å²) in [6, 6.07) is 5.45. The highest BCUT2D eigenvalue weighted by molar-refractivity contribution is 7.85. The normalized spacial score (nSPS) is 15.7. The van der Waals surface area contributed by atoms with Gasteiger partial charge < -0.3 is 10.2 Å². The monoisotopic (exact) mass is 411 g/mol. The van der Waals surface area contributed by atoms with Gasteiger partial charge in [0, 0.05) is 51.9 Å². The summed E-state index contributed by atoms with van der Waals surface area (Å²) >= 11 is 0. The van der Waals surface area contributed by atoms with Crippen LogP contribution in [-0.4, -0.2) is 69.3 Å². The summed E-state index contributed by atoms with van der Waals surface area (Å²) in [6.45, 7) is 5.74. The van der Waals surface area contributed by atoms with Crippen LogP contribution in [0, 0.1) is 0 Å². The SMILES string of the molecule is CC(=O)NCCN1CCN(c2cccc(C(F)(F)F)c2)CC1.CS(=O)(=O)O. The maximum Gasteiger partial charge on any atom is 0.416 e. The molecule has 0 atom stereocenters. The van der Waals surface area contributed by atoms with E-state index in [1.165, 1.54) is 19.1 Å². The molecule has 0 unspecified atom stereocenters. The Kier molecular flexibility index (Phi) is 8.51. The van der Waals surface area contributed by atoms with E-state index < -0.39 is 21.9 Å². The molecule has 2 rings (SSSR count). The van der Waals surface area contributed by atoms with Crippen LogP contribution in [0.5, 0.6) is 0 Å². The number of hydrogen-bond acceptors (Lipinski definition) is 5. The molecule has 0 bridgehead atoms. The third-order valence-corrected chi connectivity index (χ3v) is 3.71. The van der Waals surface area contributed by atoms with E-state index in [0.29, 0.717) is 31.6 Å². The number of carbonyl (C=O) groups is 1. The molecular weight excluding hydrogens is 387 g/mol. The van der Waals surface area contributed by atoms with Gasteiger partial charge in [-0.1, -0.05) is 6.07 Å². The fourth-order valence-corrected chi connectivity index (χ4v) is 2.50. The molecular formula is C16H24F3N3O4S. The van der Waals surface area contributed by atoms with Crippen molar-refractivity contribution in [2.45, 2.75) is 13.1 Å². The van der Waals surface area contributed by atoms with Gasteiger partial charge in [0.05, 0.1) is 11.8 Å². The van der Waals surface area contributed by atoms with Crippen molar-refractivity contribution in [2.24, 2.45) is 0 Å². The van der Waals surface area contributed by atoms with Crippen LogP contribution in [0.3, 0.4) is 0 Å². The fourth-order valence-electron chi connectivity index (χ4n) is 2.50. The van der Waals surface area contributed by atoms with Crippen molar-refractivity contribution < 1.29 is 30.9 Å². The predicted octanol–water partition coefficient (Wildman–Crippen LogP) is 1.47. The summed E-state index contributed by atoms with van der Waals surface area (Å²) in [5.41, 5.74) is -0.00516. The summed E-state index contributed by atoms with van der Waals surface area (Å²) in [4.78, 5) is 15.0. The molecule has 2 N–H and O–H groups in total. The van der Waals surface area contributed by atoms with Crippen molar-refractivity contribution in [3.63, 3.8) is 0 Å². The Balaban J connectivity index is 0.000000646. The van der Waals surface area contributed by atoms with E-state index in [1.54, 1.807) is 6.07 Å². The number of amides is 1. The topological polar surface area (TPSA) is 90.0 Å². The van der Waals surface area contributed by atoms with E-state index in [1.807, 2.05) is 4.90 Å². The Labute approximate surface area is 156 Å². The molecule has 11 heteroatoms. The van der Waals surface area contributed by atoms with Crippen LogP contribution >= 0.6 is 0 Å². The van der Waals surface area contributed by atoms with E-state index in [0.717, 1.165) is 25.7 Å². The Hall–Kier alpha value is -1.85. The largest absolute Gasteiger partial charge is 0.416 e. The Morgan fingerprint density at radius 3 is 2.26 bits per heavy atom. The number of anilines is 1. The maximum atomic E-state index is 12.7. The van der Waals surface area contributed by atoms with Gasteiger partial charge in [0.15, 0.2) is 0 Å². The van der Waals surface area contributed by atoms with Gasteiger partial charge in [-0.15, -0.1) is 0 Å². The lowest BCUT2D eigenvalue weighted by Crippen LogP contribution is -2.48. The summed E-state index contributed by atoms with van der Waals surface area (Å²) in [5, 5.41) is 2.74. The summed E-state index contributed by atoms with van der Waals surface area (Å²) in [7, 11) is -3.67. The van der Waals surface area contributed by atoms with Crippen molar-refractivity contribution in [3.05, 3.63) is 29.8 Å². The second kappa shape index (κ2) is 9.90. The maximum absolute atomic E-state index is 12.7. The molecule has 1 aliphatic rings. The lowest BCUT2D eigenvalue weighted by molar-refractivity contribution is -0.137. The predicted molar refractivity (Wildman–Crippen MR) is 96.3 cm³/mol. The molecule has 154 valence electrons. The number of nitrogens with one attached hydrogen (secondary N) is 1. The molecule has 1 saturated heterocycles. The Bertz CT molecular complexity index is 710. The van der Waals surface area contributed by atoms with Gasteiger partial charge in [-0.2, -0.15) is 21.6 Å². The summed E-state index contributed by atoms with van der Waals surface area (Å²) < 4.78 is 64.1. The van der Waals surface area contributed by atoms with Crippen LogP contribution < -0.4 is 10.2 Å². The molecule has 0 radical (unpaired) electrons. The first kappa shape index (κ1) is 23.2. The number of carbonyl (C=O) groups excluding carboxylic acids is 1. The molecule has 1 aromatic carbocycles. The van der Waals surface area contributed by atoms with Crippen LogP contribution in [-0.2, 0) is 21.1 Å². The average Bonchev–Trinajstić information content (AvgIpc) is 2.53. The van der Waals surface area contributed by atoms with Crippen LogP contribution in [0.2, 0.25) is 0 Å².